The van der Waals surface area contributed by atoms with Crippen LogP contribution in [0.3, 0.4) is 0 Å². The van der Waals surface area contributed by atoms with Crippen molar-refractivity contribution in [2.45, 2.75) is 58.2 Å². The molecule has 6 atom stereocenters. The first-order valence-electron chi connectivity index (χ1n) is 9.52. The molecule has 0 aromatic heterocycles. The number of allylic oxidation sites excluding steroid dienone is 1. The van der Waals surface area contributed by atoms with E-state index in [1.54, 1.807) is 19.4 Å². The molecule has 3 fully saturated rings. The van der Waals surface area contributed by atoms with E-state index in [0.29, 0.717) is 17.8 Å². The van der Waals surface area contributed by atoms with Crippen LogP contribution in [0, 0.1) is 40.9 Å². The van der Waals surface area contributed by atoms with Crippen molar-refractivity contribution in [3.8, 4) is 6.07 Å². The van der Waals surface area contributed by atoms with Gasteiger partial charge in [-0.15, -0.1) is 0 Å². The zero-order valence-electron chi connectivity index (χ0n) is 16.0. The molecule has 3 nitrogen and oxygen atoms in total. The fourth-order valence-corrected chi connectivity index (χ4v) is 5.53. The zero-order chi connectivity index (χ0) is 18.2. The maximum Gasteiger partial charge on any atom is 0.0911 e. The van der Waals surface area contributed by atoms with E-state index in [1.165, 1.54) is 24.0 Å². The van der Waals surface area contributed by atoms with Gasteiger partial charge in [-0.1, -0.05) is 24.6 Å². The van der Waals surface area contributed by atoms with Crippen molar-refractivity contribution in [2.75, 3.05) is 7.11 Å². The molecule has 136 valence electrons. The Bertz CT molecular complexity index is 624. The van der Waals surface area contributed by atoms with Crippen LogP contribution in [0.4, 0.5) is 0 Å². The molecular weight excluding hydrogens is 310 g/mol. The summed E-state index contributed by atoms with van der Waals surface area (Å²) in [6.07, 6.45) is 10.2. The number of fused-ring (bicyclic) bond motifs is 2. The molecule has 3 rings (SSSR count). The molecular formula is C22H31NO2. The summed E-state index contributed by atoms with van der Waals surface area (Å²) >= 11 is 0. The molecule has 0 radical (unpaired) electrons. The maximum atomic E-state index is 9.42. The fraction of sp³-hybridized carbons (Fsp3) is 0.682. The lowest BCUT2D eigenvalue weighted by Gasteiger charge is -2.35. The highest BCUT2D eigenvalue weighted by Crippen LogP contribution is 2.54. The van der Waals surface area contributed by atoms with Gasteiger partial charge in [0, 0.05) is 17.9 Å². The van der Waals surface area contributed by atoms with Crippen LogP contribution < -0.4 is 0 Å². The van der Waals surface area contributed by atoms with Crippen molar-refractivity contribution in [1.82, 2.24) is 0 Å². The highest BCUT2D eigenvalue weighted by atomic mass is 16.5. The maximum absolute atomic E-state index is 9.42. The molecule has 1 saturated heterocycles. The Morgan fingerprint density at radius 2 is 2.08 bits per heavy atom. The molecule has 0 N–H and O–H groups in total. The number of rotatable bonds is 2. The van der Waals surface area contributed by atoms with Crippen molar-refractivity contribution in [1.29, 1.82) is 5.26 Å². The van der Waals surface area contributed by atoms with E-state index in [0.717, 1.165) is 12.8 Å². The molecule has 1 heterocycles. The SMILES string of the molecule is C=C1C[C@@H]2OC(C)(C)[C@H](/C=C/OC)[C@H]2/C(=C\C#N)C[C@H]2[C@H](C)CC[C@@H]12. The van der Waals surface area contributed by atoms with E-state index in [1.807, 2.05) is 0 Å². The standard InChI is InChI=1S/C22H31NO2/c1-14-6-7-17-15(2)12-20-21(16(8-10-23)13-18(14)17)19(9-11-24-5)22(3,4)25-20/h8-9,11,14,17-21H,2,6-7,12-13H2,1,3-5H3/b11-9+,16-8-/t14-,17+,18+,19-,20+,21-/m1/s1. The van der Waals surface area contributed by atoms with Gasteiger partial charge in [-0.05, 0) is 63.4 Å². The molecule has 0 amide bonds. The number of hydrogen-bond donors (Lipinski definition) is 0. The summed E-state index contributed by atoms with van der Waals surface area (Å²) in [4.78, 5) is 0. The zero-order valence-corrected chi connectivity index (χ0v) is 16.0. The highest BCUT2D eigenvalue weighted by molar-refractivity contribution is 5.28. The van der Waals surface area contributed by atoms with Gasteiger partial charge in [0.05, 0.1) is 31.1 Å². The van der Waals surface area contributed by atoms with Crippen molar-refractivity contribution >= 4 is 0 Å². The topological polar surface area (TPSA) is 42.2 Å². The van der Waals surface area contributed by atoms with Crippen LogP contribution in [0.5, 0.6) is 0 Å². The van der Waals surface area contributed by atoms with E-state index >= 15 is 0 Å². The second-order valence-electron chi connectivity index (χ2n) is 8.62. The molecule has 1 aliphatic heterocycles. The third-order valence-corrected chi connectivity index (χ3v) is 6.79. The Balaban J connectivity index is 2.02. The number of nitrogens with zero attached hydrogens (tertiary/aromatic N) is 1. The van der Waals surface area contributed by atoms with Gasteiger partial charge >= 0.3 is 0 Å². The lowest BCUT2D eigenvalue weighted by molar-refractivity contribution is -0.0285. The van der Waals surface area contributed by atoms with Gasteiger partial charge in [0.1, 0.15) is 0 Å². The quantitative estimate of drug-likeness (QED) is 0.402. The minimum atomic E-state index is -0.274. The van der Waals surface area contributed by atoms with Crippen LogP contribution in [0.1, 0.15) is 46.5 Å². The molecule has 2 saturated carbocycles. The van der Waals surface area contributed by atoms with Gasteiger partial charge < -0.3 is 9.47 Å². The Morgan fingerprint density at radius 1 is 1.32 bits per heavy atom. The predicted molar refractivity (Wildman–Crippen MR) is 99.5 cm³/mol. The van der Waals surface area contributed by atoms with Gasteiger partial charge in [0.15, 0.2) is 0 Å². The third kappa shape index (κ3) is 3.29. The molecule has 0 aromatic rings. The summed E-state index contributed by atoms with van der Waals surface area (Å²) in [5, 5.41) is 9.42. The Kier molecular flexibility index (Phi) is 5.11. The summed E-state index contributed by atoms with van der Waals surface area (Å²) in [5.41, 5.74) is 2.34. The Hall–Kier alpha value is -1.53. The average Bonchev–Trinajstić information content (AvgIpc) is 3.01. The third-order valence-electron chi connectivity index (χ3n) is 6.79. The largest absolute Gasteiger partial charge is 0.505 e. The van der Waals surface area contributed by atoms with Crippen LogP contribution in [0.25, 0.3) is 0 Å². The average molecular weight is 341 g/mol. The van der Waals surface area contributed by atoms with Crippen molar-refractivity contribution in [3.05, 3.63) is 36.1 Å². The summed E-state index contributed by atoms with van der Waals surface area (Å²) < 4.78 is 11.7. The minimum Gasteiger partial charge on any atom is -0.505 e. The monoisotopic (exact) mass is 341 g/mol. The normalized spacial score (nSPS) is 41.9. The van der Waals surface area contributed by atoms with Gasteiger partial charge in [-0.2, -0.15) is 5.26 Å². The Labute approximate surface area is 152 Å². The molecule has 0 unspecified atom stereocenters. The lowest BCUT2D eigenvalue weighted by Crippen LogP contribution is -2.31. The molecule has 0 spiro atoms. The fourth-order valence-electron chi connectivity index (χ4n) is 5.53. The van der Waals surface area contributed by atoms with Crippen LogP contribution in [0.2, 0.25) is 0 Å². The van der Waals surface area contributed by atoms with E-state index in [9.17, 15) is 5.26 Å². The molecule has 0 bridgehead atoms. The van der Waals surface area contributed by atoms with Crippen molar-refractivity contribution < 1.29 is 9.47 Å². The molecule has 3 aliphatic rings. The van der Waals surface area contributed by atoms with Crippen LogP contribution in [-0.2, 0) is 9.47 Å². The number of methoxy groups -OCH3 is 1. The number of nitriles is 1. The van der Waals surface area contributed by atoms with Crippen LogP contribution in [0.15, 0.2) is 36.1 Å². The van der Waals surface area contributed by atoms with E-state index in [-0.39, 0.29) is 23.5 Å². The van der Waals surface area contributed by atoms with Gasteiger partial charge in [0.2, 0.25) is 0 Å². The minimum absolute atomic E-state index is 0.102. The summed E-state index contributed by atoms with van der Waals surface area (Å²) in [6, 6.07) is 2.31. The van der Waals surface area contributed by atoms with E-state index < -0.39 is 0 Å². The molecule has 2 aliphatic carbocycles. The predicted octanol–water partition coefficient (Wildman–Crippen LogP) is 5.02. The van der Waals surface area contributed by atoms with Crippen molar-refractivity contribution in [2.24, 2.45) is 29.6 Å². The molecule has 3 heteroatoms. The Morgan fingerprint density at radius 3 is 2.76 bits per heavy atom. The molecule has 25 heavy (non-hydrogen) atoms. The van der Waals surface area contributed by atoms with Gasteiger partial charge in [-0.3, -0.25) is 0 Å². The van der Waals surface area contributed by atoms with Gasteiger partial charge in [-0.25, -0.2) is 0 Å². The number of ether oxygens (including phenoxy) is 2. The lowest BCUT2D eigenvalue weighted by atomic mass is 9.68. The number of hydrogen-bond acceptors (Lipinski definition) is 3. The molecule has 0 aromatic carbocycles. The highest BCUT2D eigenvalue weighted by Gasteiger charge is 2.52. The second-order valence-corrected chi connectivity index (χ2v) is 8.62. The van der Waals surface area contributed by atoms with Gasteiger partial charge in [0.25, 0.3) is 0 Å². The summed E-state index contributed by atoms with van der Waals surface area (Å²) in [6.45, 7) is 11.1. The first-order valence-corrected chi connectivity index (χ1v) is 9.52. The van der Waals surface area contributed by atoms with E-state index in [2.05, 4.69) is 39.5 Å². The van der Waals surface area contributed by atoms with Crippen LogP contribution in [-0.4, -0.2) is 18.8 Å². The first-order chi connectivity index (χ1) is 11.9. The van der Waals surface area contributed by atoms with E-state index in [4.69, 9.17) is 9.47 Å². The first kappa shape index (κ1) is 18.3. The smallest absolute Gasteiger partial charge is 0.0911 e. The summed E-state index contributed by atoms with van der Waals surface area (Å²) in [7, 11) is 1.67. The van der Waals surface area contributed by atoms with Crippen molar-refractivity contribution in [3.63, 3.8) is 0 Å². The second kappa shape index (κ2) is 7.00. The van der Waals surface area contributed by atoms with Crippen LogP contribution >= 0.6 is 0 Å². The summed E-state index contributed by atoms with van der Waals surface area (Å²) in [5.74, 6) is 2.33.